The first-order valence-electron chi connectivity index (χ1n) is 7.81. The summed E-state index contributed by atoms with van der Waals surface area (Å²) < 4.78 is 7.26. The summed E-state index contributed by atoms with van der Waals surface area (Å²) in [6.07, 6.45) is 1.80. The first-order valence-corrected chi connectivity index (χ1v) is 8.62. The van der Waals surface area contributed by atoms with Gasteiger partial charge >= 0.3 is 5.97 Å². The van der Waals surface area contributed by atoms with Gasteiger partial charge in [-0.1, -0.05) is 17.4 Å². The summed E-state index contributed by atoms with van der Waals surface area (Å²) in [5, 5.41) is 3.28. The van der Waals surface area contributed by atoms with Gasteiger partial charge in [0.2, 0.25) is 0 Å². The quantitative estimate of drug-likeness (QED) is 0.562. The fourth-order valence-corrected chi connectivity index (χ4v) is 3.67. The maximum Gasteiger partial charge on any atom is 0.337 e. The van der Waals surface area contributed by atoms with Crippen molar-refractivity contribution in [1.82, 2.24) is 14.4 Å². The van der Waals surface area contributed by atoms with Crippen molar-refractivity contribution in [3.8, 4) is 0 Å². The number of carbonyl (C=O) groups is 2. The van der Waals surface area contributed by atoms with Crippen molar-refractivity contribution < 1.29 is 14.3 Å². The van der Waals surface area contributed by atoms with Crippen LogP contribution in [0.3, 0.4) is 0 Å². The summed E-state index contributed by atoms with van der Waals surface area (Å²) in [5.74, 6) is -0.694. The molecule has 0 radical (unpaired) electrons. The van der Waals surface area contributed by atoms with Crippen LogP contribution in [0, 0.1) is 6.92 Å². The number of nitrogens with zero attached hydrogens (tertiary/aromatic N) is 3. The van der Waals surface area contributed by atoms with Crippen LogP contribution in [0.25, 0.3) is 15.9 Å². The molecule has 0 saturated carbocycles. The summed E-state index contributed by atoms with van der Waals surface area (Å²) in [6.45, 7) is 1.79. The largest absolute Gasteiger partial charge is 0.465 e. The molecule has 0 atom stereocenters. The smallest absolute Gasteiger partial charge is 0.337 e. The van der Waals surface area contributed by atoms with Crippen LogP contribution < -0.4 is 5.32 Å². The molecule has 7 nitrogen and oxygen atoms in total. The molecule has 0 fully saturated rings. The van der Waals surface area contributed by atoms with Gasteiger partial charge in [0.25, 0.3) is 5.91 Å². The lowest BCUT2D eigenvalue weighted by molar-refractivity contribution is 0.0601. The second-order valence-corrected chi connectivity index (χ2v) is 6.65. The van der Waals surface area contributed by atoms with Gasteiger partial charge in [-0.15, -0.1) is 0 Å². The van der Waals surface area contributed by atoms with Gasteiger partial charge in [-0.05, 0) is 37.3 Å². The normalized spacial score (nSPS) is 11.0. The number of ether oxygens (including phenoxy) is 1. The zero-order chi connectivity index (χ0) is 18.3. The number of amides is 1. The summed E-state index contributed by atoms with van der Waals surface area (Å²) in [5.41, 5.74) is 2.96. The van der Waals surface area contributed by atoms with Gasteiger partial charge in [-0.25, -0.2) is 14.8 Å². The van der Waals surface area contributed by atoms with Crippen LogP contribution in [0.1, 0.15) is 26.5 Å². The van der Waals surface area contributed by atoms with Gasteiger partial charge in [-0.2, -0.15) is 0 Å². The van der Waals surface area contributed by atoms with Crippen molar-refractivity contribution in [3.05, 3.63) is 59.5 Å². The Morgan fingerprint density at radius 2 is 2.04 bits per heavy atom. The van der Waals surface area contributed by atoms with Crippen LogP contribution in [-0.4, -0.2) is 33.4 Å². The number of aryl methyl sites for hydroxylation is 1. The molecule has 0 aliphatic carbocycles. The fraction of sp³-hybridized carbons (Fsp3) is 0.111. The minimum atomic E-state index is -0.410. The highest BCUT2D eigenvalue weighted by molar-refractivity contribution is 7.22. The van der Waals surface area contributed by atoms with Crippen molar-refractivity contribution in [2.45, 2.75) is 6.92 Å². The minimum absolute atomic E-state index is 0.284. The molecule has 4 rings (SSSR count). The predicted molar refractivity (Wildman–Crippen MR) is 98.8 cm³/mol. The second-order valence-electron chi connectivity index (χ2n) is 5.62. The van der Waals surface area contributed by atoms with Crippen LogP contribution >= 0.6 is 11.3 Å². The average Bonchev–Trinajstić information content (AvgIpc) is 3.19. The van der Waals surface area contributed by atoms with Crippen LogP contribution in [0.4, 0.5) is 5.13 Å². The zero-order valence-corrected chi connectivity index (χ0v) is 14.8. The number of benzene rings is 1. The molecular formula is C18H14N4O3S. The molecule has 0 aliphatic heterocycles. The third-order valence-corrected chi connectivity index (χ3v) is 4.88. The van der Waals surface area contributed by atoms with Crippen molar-refractivity contribution in [3.63, 3.8) is 0 Å². The van der Waals surface area contributed by atoms with Gasteiger partial charge in [0.05, 0.1) is 28.6 Å². The van der Waals surface area contributed by atoms with E-state index in [1.807, 2.05) is 18.2 Å². The van der Waals surface area contributed by atoms with E-state index in [0.717, 1.165) is 4.70 Å². The van der Waals surface area contributed by atoms with Crippen molar-refractivity contribution in [1.29, 1.82) is 0 Å². The van der Waals surface area contributed by atoms with E-state index in [9.17, 15) is 9.59 Å². The molecule has 130 valence electrons. The number of carbonyl (C=O) groups excluding carboxylic acids is 2. The summed E-state index contributed by atoms with van der Waals surface area (Å²) >= 11 is 1.30. The standard InChI is InChI=1S/C18H14N4O3S/c1-10-15(22-8-4-3-5-14(22)19-10)16(23)21-18-20-12-7-6-11(17(24)25-2)9-13(12)26-18/h3-9H,1-2H3,(H,20,21,23). The van der Waals surface area contributed by atoms with Crippen LogP contribution in [-0.2, 0) is 4.74 Å². The molecule has 1 aromatic carbocycles. The van der Waals surface area contributed by atoms with Crippen LogP contribution in [0.5, 0.6) is 0 Å². The SMILES string of the molecule is COC(=O)c1ccc2nc(NC(=O)c3c(C)nc4ccccn34)sc2c1. The number of esters is 1. The van der Waals surface area contributed by atoms with E-state index in [2.05, 4.69) is 15.3 Å². The molecule has 8 heteroatoms. The number of rotatable bonds is 3. The number of anilines is 1. The van der Waals surface area contributed by atoms with Gasteiger partial charge in [0, 0.05) is 6.20 Å². The lowest BCUT2D eigenvalue weighted by atomic mass is 10.2. The van der Waals surface area contributed by atoms with Gasteiger partial charge in [-0.3, -0.25) is 14.5 Å². The highest BCUT2D eigenvalue weighted by atomic mass is 32.1. The Balaban J connectivity index is 1.67. The number of hydrogen-bond acceptors (Lipinski definition) is 6. The Kier molecular flexibility index (Phi) is 3.89. The summed E-state index contributed by atoms with van der Waals surface area (Å²) in [7, 11) is 1.34. The van der Waals surface area contributed by atoms with E-state index >= 15 is 0 Å². The summed E-state index contributed by atoms with van der Waals surface area (Å²) in [6, 6.07) is 10.6. The first-order chi connectivity index (χ1) is 12.6. The molecule has 0 saturated heterocycles. The van der Waals surface area contributed by atoms with Gasteiger partial charge < -0.3 is 4.74 Å². The molecule has 1 amide bonds. The monoisotopic (exact) mass is 366 g/mol. The zero-order valence-electron chi connectivity index (χ0n) is 14.0. The van der Waals surface area contributed by atoms with E-state index in [1.54, 1.807) is 35.7 Å². The molecule has 3 heterocycles. The molecule has 4 aromatic rings. The van der Waals surface area contributed by atoms with E-state index in [0.29, 0.717) is 33.2 Å². The number of hydrogen-bond donors (Lipinski definition) is 1. The van der Waals surface area contributed by atoms with Crippen molar-refractivity contribution >= 4 is 44.2 Å². The predicted octanol–water partition coefficient (Wildman–Crippen LogP) is 3.29. The number of fused-ring (bicyclic) bond motifs is 2. The topological polar surface area (TPSA) is 85.6 Å². The number of pyridine rings is 1. The fourth-order valence-electron chi connectivity index (χ4n) is 2.77. The third-order valence-electron chi connectivity index (χ3n) is 3.95. The van der Waals surface area contributed by atoms with E-state index in [1.165, 1.54) is 18.4 Å². The Morgan fingerprint density at radius 1 is 1.19 bits per heavy atom. The average molecular weight is 366 g/mol. The number of nitrogens with one attached hydrogen (secondary N) is 1. The van der Waals surface area contributed by atoms with Crippen LogP contribution in [0.15, 0.2) is 42.6 Å². The molecular weight excluding hydrogens is 352 g/mol. The Bertz CT molecular complexity index is 1160. The first kappa shape index (κ1) is 16.2. The number of imidazole rings is 1. The Hall–Kier alpha value is -3.26. The molecule has 0 unspecified atom stereocenters. The lowest BCUT2D eigenvalue weighted by Gasteiger charge is -2.02. The third kappa shape index (κ3) is 2.70. The minimum Gasteiger partial charge on any atom is -0.465 e. The molecule has 3 aromatic heterocycles. The molecule has 26 heavy (non-hydrogen) atoms. The maximum atomic E-state index is 12.7. The van der Waals surface area contributed by atoms with E-state index in [4.69, 9.17) is 4.74 Å². The molecule has 0 bridgehead atoms. The lowest BCUT2D eigenvalue weighted by Crippen LogP contribution is -2.15. The van der Waals surface area contributed by atoms with E-state index in [-0.39, 0.29) is 5.91 Å². The number of aromatic nitrogens is 3. The second kappa shape index (κ2) is 6.23. The van der Waals surface area contributed by atoms with Gasteiger partial charge in [0.15, 0.2) is 5.13 Å². The highest BCUT2D eigenvalue weighted by Crippen LogP contribution is 2.27. The van der Waals surface area contributed by atoms with Crippen molar-refractivity contribution in [2.24, 2.45) is 0 Å². The maximum absolute atomic E-state index is 12.7. The molecule has 0 aliphatic rings. The Labute approximate surface area is 152 Å². The Morgan fingerprint density at radius 3 is 2.85 bits per heavy atom. The summed E-state index contributed by atoms with van der Waals surface area (Å²) in [4.78, 5) is 33.2. The van der Waals surface area contributed by atoms with Crippen LogP contribution in [0.2, 0.25) is 0 Å². The molecule has 0 spiro atoms. The van der Waals surface area contributed by atoms with E-state index < -0.39 is 5.97 Å². The number of thiazole rings is 1. The highest BCUT2D eigenvalue weighted by Gasteiger charge is 2.18. The number of methoxy groups -OCH3 is 1. The molecule has 1 N–H and O–H groups in total. The van der Waals surface area contributed by atoms with Crippen molar-refractivity contribution in [2.75, 3.05) is 12.4 Å². The van der Waals surface area contributed by atoms with Gasteiger partial charge in [0.1, 0.15) is 11.3 Å².